The lowest BCUT2D eigenvalue weighted by Gasteiger charge is -2.17. The van der Waals surface area contributed by atoms with Gasteiger partial charge in [-0.15, -0.1) is 11.3 Å². The molecule has 2 N–H and O–H groups in total. The van der Waals surface area contributed by atoms with Crippen molar-refractivity contribution in [3.8, 4) is 0 Å². The molecule has 1 aromatic heterocycles. The van der Waals surface area contributed by atoms with E-state index in [2.05, 4.69) is 0 Å². The minimum Gasteiger partial charge on any atom is -0.398 e. The number of halogens is 3. The highest BCUT2D eigenvalue weighted by Gasteiger charge is 2.18. The van der Waals surface area contributed by atoms with Gasteiger partial charge < -0.3 is 10.6 Å². The van der Waals surface area contributed by atoms with Crippen molar-refractivity contribution in [2.45, 2.75) is 6.54 Å². The molecule has 3 nitrogen and oxygen atoms in total. The van der Waals surface area contributed by atoms with Gasteiger partial charge >= 0.3 is 0 Å². The first-order chi connectivity index (χ1) is 9.38. The lowest BCUT2D eigenvalue weighted by Crippen LogP contribution is -2.26. The van der Waals surface area contributed by atoms with Gasteiger partial charge in [0.15, 0.2) is 11.6 Å². The van der Waals surface area contributed by atoms with E-state index in [0.29, 0.717) is 10.9 Å². The third-order valence-electron chi connectivity index (χ3n) is 2.69. The molecule has 1 heterocycles. The fourth-order valence-electron chi connectivity index (χ4n) is 1.70. The van der Waals surface area contributed by atoms with Gasteiger partial charge in [-0.05, 0) is 18.2 Å². The van der Waals surface area contributed by atoms with Crippen molar-refractivity contribution in [3.63, 3.8) is 0 Å². The van der Waals surface area contributed by atoms with Crippen molar-refractivity contribution < 1.29 is 13.6 Å². The van der Waals surface area contributed by atoms with Gasteiger partial charge in [0.05, 0.1) is 16.4 Å². The molecule has 7 heteroatoms. The van der Waals surface area contributed by atoms with Gasteiger partial charge in [0, 0.05) is 23.7 Å². The van der Waals surface area contributed by atoms with Crippen LogP contribution in [0.15, 0.2) is 24.3 Å². The maximum absolute atomic E-state index is 13.2. The Morgan fingerprint density at radius 3 is 2.60 bits per heavy atom. The maximum atomic E-state index is 13.2. The molecule has 0 saturated heterocycles. The summed E-state index contributed by atoms with van der Waals surface area (Å²) in [4.78, 5) is 14.4. The Morgan fingerprint density at radius 1 is 1.35 bits per heavy atom. The average molecular weight is 317 g/mol. The summed E-state index contributed by atoms with van der Waals surface area (Å²) in [7, 11) is 1.55. The molecular formula is C13H11ClF2N2OS. The summed E-state index contributed by atoms with van der Waals surface area (Å²) in [6.07, 6.45) is 0. The van der Waals surface area contributed by atoms with Gasteiger partial charge in [-0.2, -0.15) is 0 Å². The predicted molar refractivity (Wildman–Crippen MR) is 75.9 cm³/mol. The summed E-state index contributed by atoms with van der Waals surface area (Å²) < 4.78 is 26.8. The average Bonchev–Trinajstić information content (AvgIpc) is 2.78. The first kappa shape index (κ1) is 14.7. The van der Waals surface area contributed by atoms with Gasteiger partial charge in [-0.1, -0.05) is 11.6 Å². The van der Waals surface area contributed by atoms with Gasteiger partial charge in [-0.25, -0.2) is 8.78 Å². The fraction of sp³-hybridized carbons (Fsp3) is 0.154. The monoisotopic (exact) mass is 316 g/mol. The largest absolute Gasteiger partial charge is 0.398 e. The van der Waals surface area contributed by atoms with Gasteiger partial charge in [0.25, 0.3) is 5.91 Å². The molecule has 0 radical (unpaired) electrons. The molecule has 0 spiro atoms. The molecule has 0 aliphatic carbocycles. The van der Waals surface area contributed by atoms with Gasteiger partial charge in [0.2, 0.25) is 0 Å². The fourth-order valence-corrected chi connectivity index (χ4v) is 2.84. The zero-order chi connectivity index (χ0) is 14.9. The molecule has 106 valence electrons. The highest BCUT2D eigenvalue weighted by atomic mass is 35.5. The second kappa shape index (κ2) is 5.76. The smallest absolute Gasteiger partial charge is 0.256 e. The van der Waals surface area contributed by atoms with Crippen LogP contribution in [0.1, 0.15) is 15.2 Å². The van der Waals surface area contributed by atoms with E-state index in [1.807, 2.05) is 0 Å². The van der Waals surface area contributed by atoms with E-state index in [0.717, 1.165) is 17.0 Å². The molecule has 0 aliphatic heterocycles. The van der Waals surface area contributed by atoms with E-state index in [4.69, 9.17) is 17.3 Å². The van der Waals surface area contributed by atoms with Crippen LogP contribution >= 0.6 is 22.9 Å². The Hall–Kier alpha value is -1.66. The number of nitrogen functional groups attached to an aromatic ring is 1. The highest BCUT2D eigenvalue weighted by Crippen LogP contribution is 2.24. The Labute approximate surface area is 123 Å². The van der Waals surface area contributed by atoms with Crippen molar-refractivity contribution in [2.75, 3.05) is 12.8 Å². The zero-order valence-corrected chi connectivity index (χ0v) is 12.1. The number of carbonyl (C=O) groups is 1. The van der Waals surface area contributed by atoms with Crippen LogP contribution in [0.3, 0.4) is 0 Å². The van der Waals surface area contributed by atoms with Crippen LogP contribution in [0.25, 0.3) is 0 Å². The molecule has 0 aliphatic rings. The van der Waals surface area contributed by atoms with Gasteiger partial charge in [-0.3, -0.25) is 4.79 Å². The number of benzene rings is 1. The van der Waals surface area contributed by atoms with Crippen LogP contribution in [0.5, 0.6) is 0 Å². The first-order valence-electron chi connectivity index (χ1n) is 5.62. The summed E-state index contributed by atoms with van der Waals surface area (Å²) in [5, 5.41) is 0. The van der Waals surface area contributed by atoms with E-state index in [9.17, 15) is 13.6 Å². The molecule has 0 fully saturated rings. The number of hydrogen-bond acceptors (Lipinski definition) is 3. The lowest BCUT2D eigenvalue weighted by atomic mass is 10.1. The van der Waals surface area contributed by atoms with Crippen LogP contribution in [-0.4, -0.2) is 17.9 Å². The SMILES string of the molecule is CN(Cc1ccc(Cl)s1)C(=O)c1cc(F)c(F)cc1N. The molecule has 1 aromatic carbocycles. The van der Waals surface area contributed by atoms with Crippen molar-refractivity contribution in [2.24, 2.45) is 0 Å². The summed E-state index contributed by atoms with van der Waals surface area (Å²) in [6.45, 7) is 0.314. The number of nitrogens with two attached hydrogens (primary N) is 1. The molecule has 0 atom stereocenters. The van der Waals surface area contributed by atoms with Crippen molar-refractivity contribution in [1.82, 2.24) is 4.90 Å². The summed E-state index contributed by atoms with van der Waals surface area (Å²) in [5.74, 6) is -2.66. The molecule has 1 amide bonds. The second-order valence-corrected chi connectivity index (χ2v) is 6.02. The zero-order valence-electron chi connectivity index (χ0n) is 10.5. The molecule has 0 unspecified atom stereocenters. The standard InChI is InChI=1S/C13H11ClF2N2OS/c1-18(6-7-2-3-12(14)20-7)13(19)8-4-9(15)10(16)5-11(8)17/h2-5H,6,17H2,1H3. The number of rotatable bonds is 3. The number of anilines is 1. The van der Waals surface area contributed by atoms with Crippen LogP contribution in [-0.2, 0) is 6.54 Å². The molecular weight excluding hydrogens is 306 g/mol. The Kier molecular flexibility index (Phi) is 4.25. The first-order valence-corrected chi connectivity index (χ1v) is 6.82. The third-order valence-corrected chi connectivity index (χ3v) is 3.91. The minimum atomic E-state index is -1.10. The summed E-state index contributed by atoms with van der Waals surface area (Å²) >= 11 is 7.15. The topological polar surface area (TPSA) is 46.3 Å². The van der Waals surface area contributed by atoms with Crippen LogP contribution in [0, 0.1) is 11.6 Å². The van der Waals surface area contributed by atoms with Crippen molar-refractivity contribution >= 4 is 34.5 Å². The van der Waals surface area contributed by atoms with E-state index in [-0.39, 0.29) is 11.3 Å². The number of hydrogen-bond donors (Lipinski definition) is 1. The van der Waals surface area contributed by atoms with Crippen LogP contribution < -0.4 is 5.73 Å². The molecule has 0 bridgehead atoms. The van der Waals surface area contributed by atoms with E-state index in [1.54, 1.807) is 19.2 Å². The van der Waals surface area contributed by atoms with Crippen molar-refractivity contribution in [1.29, 1.82) is 0 Å². The Bertz CT molecular complexity index is 660. The van der Waals surface area contributed by atoms with Crippen molar-refractivity contribution in [3.05, 3.63) is 50.7 Å². The number of thiophene rings is 1. The molecule has 0 saturated carbocycles. The number of amides is 1. The number of nitrogens with zero attached hydrogens (tertiary/aromatic N) is 1. The normalized spacial score (nSPS) is 10.6. The molecule has 20 heavy (non-hydrogen) atoms. The summed E-state index contributed by atoms with van der Waals surface area (Å²) in [6, 6.07) is 5.14. The quantitative estimate of drug-likeness (QED) is 0.880. The molecule has 2 aromatic rings. The van der Waals surface area contributed by atoms with Crippen LogP contribution in [0.4, 0.5) is 14.5 Å². The van der Waals surface area contributed by atoms with E-state index >= 15 is 0 Å². The van der Waals surface area contributed by atoms with Gasteiger partial charge in [0.1, 0.15) is 0 Å². The Balaban J connectivity index is 2.20. The summed E-state index contributed by atoms with van der Waals surface area (Å²) in [5.41, 5.74) is 5.40. The predicted octanol–water partition coefficient (Wildman–Crippen LogP) is 3.53. The molecule has 2 rings (SSSR count). The number of carbonyl (C=O) groups excluding carboxylic acids is 1. The third kappa shape index (κ3) is 3.08. The second-order valence-electron chi connectivity index (χ2n) is 4.22. The van der Waals surface area contributed by atoms with Crippen LogP contribution in [0.2, 0.25) is 4.34 Å². The Morgan fingerprint density at radius 2 is 2.00 bits per heavy atom. The van der Waals surface area contributed by atoms with E-state index < -0.39 is 17.5 Å². The highest BCUT2D eigenvalue weighted by molar-refractivity contribution is 7.16. The van der Waals surface area contributed by atoms with E-state index in [1.165, 1.54) is 16.2 Å². The lowest BCUT2D eigenvalue weighted by molar-refractivity contribution is 0.0787. The minimum absolute atomic E-state index is 0.0611. The maximum Gasteiger partial charge on any atom is 0.256 e.